The maximum absolute atomic E-state index is 11.8. The lowest BCUT2D eigenvalue weighted by atomic mass is 10.3. The Morgan fingerprint density at radius 1 is 1.50 bits per heavy atom. The van der Waals surface area contributed by atoms with E-state index < -0.39 is 18.8 Å². The minimum Gasteiger partial charge on any atom is -0.467 e. The maximum atomic E-state index is 11.8. The molecule has 1 rings (SSSR count). The molecule has 1 amide bonds. The molecule has 8 heteroatoms. The fraction of sp³-hybridized carbons (Fsp3) is 0.583. The topological polar surface area (TPSA) is 63.5 Å². The van der Waals surface area contributed by atoms with Gasteiger partial charge in [-0.05, 0) is 19.1 Å². The van der Waals surface area contributed by atoms with E-state index in [4.69, 9.17) is 4.42 Å². The summed E-state index contributed by atoms with van der Waals surface area (Å²) in [6, 6.07) is 2.91. The molecular weight excluding hydrogens is 277 g/mol. The molecule has 0 aliphatic heterocycles. The van der Waals surface area contributed by atoms with Crippen LogP contribution >= 0.6 is 0 Å². The van der Waals surface area contributed by atoms with Gasteiger partial charge in [0, 0.05) is 6.54 Å². The zero-order valence-corrected chi connectivity index (χ0v) is 11.0. The number of hydrogen-bond donors (Lipinski definition) is 2. The first-order chi connectivity index (χ1) is 9.38. The van der Waals surface area contributed by atoms with Crippen LogP contribution in [0.25, 0.3) is 0 Å². The van der Waals surface area contributed by atoms with E-state index in [0.717, 1.165) is 0 Å². The standard InChI is InChI=1S/C12H17F3N2O3/c1-9(16-4-6-19-8-12(13,14)15)11(18)17-7-10-3-2-5-20-10/h2-3,5,9,16H,4,6-8H2,1H3,(H,17,18). The minimum atomic E-state index is -4.33. The predicted molar refractivity (Wildman–Crippen MR) is 64.9 cm³/mol. The first-order valence-electron chi connectivity index (χ1n) is 6.06. The molecule has 0 fully saturated rings. The summed E-state index contributed by atoms with van der Waals surface area (Å²) in [7, 11) is 0. The zero-order chi connectivity index (χ0) is 15.0. The smallest absolute Gasteiger partial charge is 0.411 e. The Kier molecular flexibility index (Phi) is 6.53. The molecule has 0 aromatic carbocycles. The van der Waals surface area contributed by atoms with E-state index in [1.54, 1.807) is 19.1 Å². The number of hydrogen-bond acceptors (Lipinski definition) is 4. The van der Waals surface area contributed by atoms with Gasteiger partial charge < -0.3 is 19.8 Å². The summed E-state index contributed by atoms with van der Waals surface area (Å²) in [6.45, 7) is 0.637. The highest BCUT2D eigenvalue weighted by molar-refractivity contribution is 5.81. The Hall–Kier alpha value is -1.54. The summed E-state index contributed by atoms with van der Waals surface area (Å²) < 4.78 is 44.8. The van der Waals surface area contributed by atoms with Crippen LogP contribution < -0.4 is 10.6 Å². The van der Waals surface area contributed by atoms with Crippen molar-refractivity contribution in [3.05, 3.63) is 24.2 Å². The fourth-order valence-electron chi connectivity index (χ4n) is 1.37. The van der Waals surface area contributed by atoms with E-state index in [-0.39, 0.29) is 25.6 Å². The van der Waals surface area contributed by atoms with Crippen molar-refractivity contribution in [3.8, 4) is 0 Å². The lowest BCUT2D eigenvalue weighted by Crippen LogP contribution is -2.43. The second-order valence-corrected chi connectivity index (χ2v) is 4.14. The number of halogens is 3. The van der Waals surface area contributed by atoms with Crippen LogP contribution in [0.15, 0.2) is 22.8 Å². The van der Waals surface area contributed by atoms with Crippen molar-refractivity contribution in [1.82, 2.24) is 10.6 Å². The highest BCUT2D eigenvalue weighted by Crippen LogP contribution is 2.13. The molecule has 0 aliphatic rings. The van der Waals surface area contributed by atoms with Crippen molar-refractivity contribution in [1.29, 1.82) is 0 Å². The average Bonchev–Trinajstić information content (AvgIpc) is 2.87. The summed E-state index contributed by atoms with van der Waals surface area (Å²) >= 11 is 0. The number of rotatable bonds is 8. The van der Waals surface area contributed by atoms with Gasteiger partial charge in [-0.2, -0.15) is 13.2 Å². The Morgan fingerprint density at radius 2 is 2.25 bits per heavy atom. The van der Waals surface area contributed by atoms with Crippen LogP contribution in [0.2, 0.25) is 0 Å². The third kappa shape index (κ3) is 7.15. The predicted octanol–water partition coefficient (Wildman–Crippen LogP) is 1.45. The molecule has 1 unspecified atom stereocenters. The first-order valence-corrected chi connectivity index (χ1v) is 6.06. The van der Waals surface area contributed by atoms with Crippen molar-refractivity contribution in [2.24, 2.45) is 0 Å². The number of furan rings is 1. The largest absolute Gasteiger partial charge is 0.467 e. The summed E-state index contributed by atoms with van der Waals surface area (Å²) in [5, 5.41) is 5.40. The van der Waals surface area contributed by atoms with Crippen LogP contribution in [0.3, 0.4) is 0 Å². The van der Waals surface area contributed by atoms with Crippen molar-refractivity contribution >= 4 is 5.91 Å². The van der Waals surface area contributed by atoms with Crippen LogP contribution in [-0.4, -0.2) is 37.9 Å². The van der Waals surface area contributed by atoms with E-state index in [2.05, 4.69) is 15.4 Å². The summed E-state index contributed by atoms with van der Waals surface area (Å²) in [5.41, 5.74) is 0. The van der Waals surface area contributed by atoms with E-state index in [9.17, 15) is 18.0 Å². The number of carbonyl (C=O) groups excluding carboxylic acids is 1. The number of nitrogens with one attached hydrogen (secondary N) is 2. The SMILES string of the molecule is CC(NCCOCC(F)(F)F)C(=O)NCc1ccco1. The van der Waals surface area contributed by atoms with Gasteiger partial charge >= 0.3 is 6.18 Å². The van der Waals surface area contributed by atoms with E-state index in [1.807, 2.05) is 0 Å². The van der Waals surface area contributed by atoms with Gasteiger partial charge in [-0.15, -0.1) is 0 Å². The van der Waals surface area contributed by atoms with Gasteiger partial charge in [0.25, 0.3) is 0 Å². The lowest BCUT2D eigenvalue weighted by molar-refractivity contribution is -0.173. The van der Waals surface area contributed by atoms with Gasteiger partial charge in [-0.25, -0.2) is 0 Å². The Morgan fingerprint density at radius 3 is 2.85 bits per heavy atom. The second-order valence-electron chi connectivity index (χ2n) is 4.14. The molecule has 5 nitrogen and oxygen atoms in total. The molecule has 2 N–H and O–H groups in total. The summed E-state index contributed by atoms with van der Waals surface area (Å²) in [4.78, 5) is 11.6. The normalized spacial score (nSPS) is 13.2. The van der Waals surface area contributed by atoms with Crippen molar-refractivity contribution in [2.75, 3.05) is 19.8 Å². The highest BCUT2D eigenvalue weighted by Gasteiger charge is 2.27. The number of alkyl halides is 3. The van der Waals surface area contributed by atoms with Crippen molar-refractivity contribution in [2.45, 2.75) is 25.7 Å². The van der Waals surface area contributed by atoms with Crippen LogP contribution in [0.1, 0.15) is 12.7 Å². The monoisotopic (exact) mass is 294 g/mol. The molecular formula is C12H17F3N2O3. The van der Waals surface area contributed by atoms with E-state index in [1.165, 1.54) is 6.26 Å². The van der Waals surface area contributed by atoms with Gasteiger partial charge in [0.2, 0.25) is 5.91 Å². The van der Waals surface area contributed by atoms with Gasteiger partial charge in [-0.1, -0.05) is 0 Å². The van der Waals surface area contributed by atoms with Gasteiger partial charge in [-0.3, -0.25) is 4.79 Å². The molecule has 0 saturated carbocycles. The Labute approximate surface area is 114 Å². The Bertz CT molecular complexity index is 393. The minimum absolute atomic E-state index is 0.116. The number of carbonyl (C=O) groups is 1. The van der Waals surface area contributed by atoms with Crippen molar-refractivity contribution < 1.29 is 27.1 Å². The summed E-state index contributed by atoms with van der Waals surface area (Å²) in [5.74, 6) is 0.358. The fourth-order valence-corrected chi connectivity index (χ4v) is 1.37. The molecule has 1 aromatic heterocycles. The lowest BCUT2D eigenvalue weighted by Gasteiger charge is -2.14. The third-order valence-corrected chi connectivity index (χ3v) is 2.37. The molecule has 0 aliphatic carbocycles. The molecule has 1 aromatic rings. The molecule has 0 bridgehead atoms. The maximum Gasteiger partial charge on any atom is 0.411 e. The van der Waals surface area contributed by atoms with Gasteiger partial charge in [0.1, 0.15) is 12.4 Å². The quantitative estimate of drug-likeness (QED) is 0.712. The molecule has 114 valence electrons. The van der Waals surface area contributed by atoms with Crippen molar-refractivity contribution in [3.63, 3.8) is 0 Å². The number of ether oxygens (including phenoxy) is 1. The van der Waals surface area contributed by atoms with E-state index >= 15 is 0 Å². The van der Waals surface area contributed by atoms with Crippen LogP contribution in [0.5, 0.6) is 0 Å². The molecule has 0 spiro atoms. The summed E-state index contributed by atoms with van der Waals surface area (Å²) in [6.07, 6.45) is -2.83. The average molecular weight is 294 g/mol. The second kappa shape index (κ2) is 7.91. The highest BCUT2D eigenvalue weighted by atomic mass is 19.4. The first kappa shape index (κ1) is 16.5. The third-order valence-electron chi connectivity index (χ3n) is 2.37. The van der Waals surface area contributed by atoms with Crippen LogP contribution in [0, 0.1) is 0 Å². The van der Waals surface area contributed by atoms with Gasteiger partial charge in [0.15, 0.2) is 0 Å². The van der Waals surface area contributed by atoms with Gasteiger partial charge in [0.05, 0.1) is 25.5 Å². The molecule has 20 heavy (non-hydrogen) atoms. The number of amides is 1. The Balaban J connectivity index is 2.09. The molecule has 1 heterocycles. The molecule has 1 atom stereocenters. The molecule has 0 radical (unpaired) electrons. The van der Waals surface area contributed by atoms with Crippen LogP contribution in [-0.2, 0) is 16.1 Å². The van der Waals surface area contributed by atoms with E-state index in [0.29, 0.717) is 5.76 Å². The zero-order valence-electron chi connectivity index (χ0n) is 11.0. The van der Waals surface area contributed by atoms with Crippen LogP contribution in [0.4, 0.5) is 13.2 Å². The molecule has 0 saturated heterocycles.